The highest BCUT2D eigenvalue weighted by molar-refractivity contribution is 5.83. The van der Waals surface area contributed by atoms with Crippen molar-refractivity contribution in [3.63, 3.8) is 0 Å². The van der Waals surface area contributed by atoms with E-state index in [4.69, 9.17) is 0 Å². The molecule has 0 bridgehead atoms. The van der Waals surface area contributed by atoms with Crippen LogP contribution in [0.15, 0.2) is 42.9 Å². The lowest BCUT2D eigenvalue weighted by Gasteiger charge is -2.38. The van der Waals surface area contributed by atoms with Crippen LogP contribution in [0.5, 0.6) is 0 Å². The second-order valence-electron chi connectivity index (χ2n) is 6.88. The number of alkyl halides is 2. The number of halogens is 2. The third kappa shape index (κ3) is 3.39. The summed E-state index contributed by atoms with van der Waals surface area (Å²) in [5, 5.41) is 3.95. The van der Waals surface area contributed by atoms with Crippen molar-refractivity contribution in [3.05, 3.63) is 54.0 Å². The molecular weight excluding hydrogens is 336 g/mol. The fourth-order valence-electron chi connectivity index (χ4n) is 3.46. The number of rotatable bonds is 4. The lowest BCUT2D eigenvalue weighted by Crippen LogP contribution is -2.54. The van der Waals surface area contributed by atoms with E-state index in [0.29, 0.717) is 13.1 Å². The van der Waals surface area contributed by atoms with Gasteiger partial charge >= 0.3 is 0 Å². The highest BCUT2D eigenvalue weighted by Gasteiger charge is 2.44. The molecule has 1 saturated heterocycles. The Hall–Kier alpha value is -2.54. The number of fused-ring (bicyclic) bond motifs is 1. The molecule has 0 amide bonds. The molecule has 2 aromatic heterocycles. The smallest absolute Gasteiger partial charge is 0.270 e. The minimum Gasteiger partial charge on any atom is -0.361 e. The molecule has 4 rings (SSSR count). The minimum atomic E-state index is -2.78. The van der Waals surface area contributed by atoms with Gasteiger partial charge in [0.25, 0.3) is 5.92 Å². The fraction of sp³-hybridized carbons (Fsp3) is 0.368. The number of benzene rings is 1. The largest absolute Gasteiger partial charge is 0.361 e. The van der Waals surface area contributed by atoms with Crippen LogP contribution in [0.2, 0.25) is 0 Å². The average Bonchev–Trinajstić information content (AvgIpc) is 3.01. The SMILES string of the molecule is Cc1ccc2c(CN3CCC(F)(F)[C@@H](Nc4ncccn4)C3)c[nH]c2c1. The van der Waals surface area contributed by atoms with Gasteiger partial charge in [0.05, 0.1) is 0 Å². The molecule has 3 aromatic rings. The normalized spacial score (nSPS) is 20.3. The van der Waals surface area contributed by atoms with Crippen LogP contribution in [0.1, 0.15) is 17.5 Å². The molecule has 0 radical (unpaired) electrons. The van der Waals surface area contributed by atoms with Gasteiger partial charge in [-0.15, -0.1) is 0 Å². The molecule has 0 aliphatic carbocycles. The summed E-state index contributed by atoms with van der Waals surface area (Å²) in [4.78, 5) is 13.3. The predicted molar refractivity (Wildman–Crippen MR) is 97.3 cm³/mol. The number of piperidine rings is 1. The second kappa shape index (κ2) is 6.64. The Kier molecular flexibility index (Phi) is 4.32. The molecule has 7 heteroatoms. The number of hydrogen-bond donors (Lipinski definition) is 2. The van der Waals surface area contributed by atoms with Gasteiger partial charge in [-0.2, -0.15) is 0 Å². The van der Waals surface area contributed by atoms with E-state index in [1.165, 1.54) is 5.56 Å². The van der Waals surface area contributed by atoms with Crippen molar-refractivity contribution in [2.75, 3.05) is 18.4 Å². The second-order valence-corrected chi connectivity index (χ2v) is 6.88. The van der Waals surface area contributed by atoms with Crippen molar-refractivity contribution in [1.29, 1.82) is 0 Å². The van der Waals surface area contributed by atoms with E-state index in [0.717, 1.165) is 16.5 Å². The number of nitrogens with one attached hydrogen (secondary N) is 2. The summed E-state index contributed by atoms with van der Waals surface area (Å²) >= 11 is 0. The van der Waals surface area contributed by atoms with E-state index >= 15 is 0 Å². The molecule has 3 heterocycles. The number of likely N-dealkylation sites (tertiary alicyclic amines) is 1. The lowest BCUT2D eigenvalue weighted by molar-refractivity contribution is -0.0676. The first-order valence-corrected chi connectivity index (χ1v) is 8.72. The summed E-state index contributed by atoms with van der Waals surface area (Å²) in [6.45, 7) is 3.28. The Morgan fingerprint density at radius 1 is 1.31 bits per heavy atom. The zero-order valence-electron chi connectivity index (χ0n) is 14.5. The van der Waals surface area contributed by atoms with Crippen LogP contribution in [0, 0.1) is 6.92 Å². The van der Waals surface area contributed by atoms with Crippen molar-refractivity contribution in [3.8, 4) is 0 Å². The van der Waals surface area contributed by atoms with Crippen molar-refractivity contribution in [2.45, 2.75) is 31.9 Å². The summed E-state index contributed by atoms with van der Waals surface area (Å²) in [6.07, 6.45) is 4.88. The van der Waals surface area contributed by atoms with Gasteiger partial charge in [0, 0.05) is 55.5 Å². The summed E-state index contributed by atoms with van der Waals surface area (Å²) in [6, 6.07) is 6.91. The molecule has 1 atom stereocenters. The number of anilines is 1. The third-order valence-corrected chi connectivity index (χ3v) is 4.90. The predicted octanol–water partition coefficient (Wildman–Crippen LogP) is 3.59. The molecule has 1 aromatic carbocycles. The van der Waals surface area contributed by atoms with Gasteiger partial charge in [0.15, 0.2) is 0 Å². The van der Waals surface area contributed by atoms with Gasteiger partial charge < -0.3 is 10.3 Å². The van der Waals surface area contributed by atoms with Crippen LogP contribution in [0.4, 0.5) is 14.7 Å². The van der Waals surface area contributed by atoms with E-state index in [2.05, 4.69) is 50.3 Å². The Labute approximate surface area is 150 Å². The summed E-state index contributed by atoms with van der Waals surface area (Å²) in [5.74, 6) is -2.55. The third-order valence-electron chi connectivity index (χ3n) is 4.90. The van der Waals surface area contributed by atoms with E-state index in [9.17, 15) is 8.78 Å². The Morgan fingerprint density at radius 2 is 2.12 bits per heavy atom. The van der Waals surface area contributed by atoms with Gasteiger partial charge in [0.1, 0.15) is 6.04 Å². The molecular formula is C19H21F2N5. The molecule has 26 heavy (non-hydrogen) atoms. The maximum atomic E-state index is 14.4. The molecule has 1 aliphatic heterocycles. The number of H-pyrrole nitrogens is 1. The number of aryl methyl sites for hydroxylation is 1. The molecule has 1 aliphatic rings. The van der Waals surface area contributed by atoms with E-state index in [-0.39, 0.29) is 18.9 Å². The summed E-state index contributed by atoms with van der Waals surface area (Å²) in [7, 11) is 0. The standard InChI is InChI=1S/C19H21F2N5/c1-13-3-4-15-14(10-24-16(15)9-13)11-26-8-5-19(20,21)17(12-26)25-18-22-6-2-7-23-18/h2-4,6-7,9-10,17,24H,5,8,11-12H2,1H3,(H,22,23,25)/t17-/m0/s1. The van der Waals surface area contributed by atoms with Crippen molar-refractivity contribution >= 4 is 16.9 Å². The molecule has 1 fully saturated rings. The number of hydrogen-bond acceptors (Lipinski definition) is 4. The maximum Gasteiger partial charge on any atom is 0.270 e. The van der Waals surface area contributed by atoms with Crippen LogP contribution in [0.25, 0.3) is 10.9 Å². The first-order valence-electron chi connectivity index (χ1n) is 8.72. The highest BCUT2D eigenvalue weighted by atomic mass is 19.3. The van der Waals surface area contributed by atoms with Crippen molar-refractivity contribution in [1.82, 2.24) is 19.9 Å². The molecule has 5 nitrogen and oxygen atoms in total. The molecule has 0 spiro atoms. The van der Waals surface area contributed by atoms with Gasteiger partial charge in [-0.1, -0.05) is 12.1 Å². The van der Waals surface area contributed by atoms with Gasteiger partial charge in [-0.05, 0) is 30.2 Å². The summed E-state index contributed by atoms with van der Waals surface area (Å²) < 4.78 is 28.7. The van der Waals surface area contributed by atoms with E-state index in [1.54, 1.807) is 18.5 Å². The Balaban J connectivity index is 1.50. The van der Waals surface area contributed by atoms with Gasteiger partial charge in [-0.25, -0.2) is 18.7 Å². The number of aromatic nitrogens is 3. The molecule has 136 valence electrons. The Morgan fingerprint density at radius 3 is 2.92 bits per heavy atom. The first kappa shape index (κ1) is 16.9. The van der Waals surface area contributed by atoms with Gasteiger partial charge in [-0.3, -0.25) is 4.90 Å². The van der Waals surface area contributed by atoms with E-state index in [1.807, 2.05) is 6.20 Å². The fourth-order valence-corrected chi connectivity index (χ4v) is 3.46. The zero-order chi connectivity index (χ0) is 18.1. The van der Waals surface area contributed by atoms with Crippen LogP contribution in [0.3, 0.4) is 0 Å². The average molecular weight is 357 g/mol. The number of aromatic amines is 1. The van der Waals surface area contributed by atoms with Crippen LogP contribution in [-0.2, 0) is 6.54 Å². The Bertz CT molecular complexity index is 893. The van der Waals surface area contributed by atoms with E-state index < -0.39 is 12.0 Å². The lowest BCUT2D eigenvalue weighted by atomic mass is 10.00. The topological polar surface area (TPSA) is 56.8 Å². The number of nitrogens with zero attached hydrogens (tertiary/aromatic N) is 3. The van der Waals surface area contributed by atoms with Crippen molar-refractivity contribution < 1.29 is 8.78 Å². The molecule has 0 unspecified atom stereocenters. The highest BCUT2D eigenvalue weighted by Crippen LogP contribution is 2.31. The van der Waals surface area contributed by atoms with Gasteiger partial charge in [0.2, 0.25) is 5.95 Å². The van der Waals surface area contributed by atoms with Crippen LogP contribution < -0.4 is 5.32 Å². The maximum absolute atomic E-state index is 14.4. The quantitative estimate of drug-likeness (QED) is 0.749. The van der Waals surface area contributed by atoms with Crippen LogP contribution in [-0.4, -0.2) is 44.9 Å². The first-order chi connectivity index (χ1) is 12.5. The van der Waals surface area contributed by atoms with Crippen molar-refractivity contribution in [2.24, 2.45) is 0 Å². The minimum absolute atomic E-state index is 0.182. The molecule has 0 saturated carbocycles. The summed E-state index contributed by atoms with van der Waals surface area (Å²) in [5.41, 5.74) is 3.39. The monoisotopic (exact) mass is 357 g/mol. The molecule has 2 N–H and O–H groups in total. The zero-order valence-corrected chi connectivity index (χ0v) is 14.5. The van der Waals surface area contributed by atoms with Crippen LogP contribution >= 0.6 is 0 Å².